The van der Waals surface area contributed by atoms with Crippen molar-refractivity contribution in [2.45, 2.75) is 53.9 Å². The highest BCUT2D eigenvalue weighted by atomic mass is 15.2. The van der Waals surface area contributed by atoms with Crippen molar-refractivity contribution in [2.75, 3.05) is 0 Å². The molecule has 0 saturated heterocycles. The van der Waals surface area contributed by atoms with E-state index in [0.29, 0.717) is 5.41 Å². The van der Waals surface area contributed by atoms with Gasteiger partial charge in [-0.3, -0.25) is 0 Å². The van der Waals surface area contributed by atoms with Crippen LogP contribution < -0.4 is 0 Å². The smallest absolute Gasteiger partial charge is 0.00825 e. The van der Waals surface area contributed by atoms with E-state index in [0.717, 1.165) is 51.2 Å². The molecule has 0 amide bonds. The van der Waals surface area contributed by atoms with Gasteiger partial charge in [0, 0.05) is 0 Å². The minimum absolute atomic E-state index is 0.667. The number of hydrogen-bond donors (Lipinski definition) is 0. The Morgan fingerprint density at radius 2 is 1.70 bits per heavy atom. The molecule has 0 N–H and O–H groups in total. The SMILES string of the molecule is CC(C)C1C2CC34CC25CC3C2C(C)C3C(C)(C)C14C235. The van der Waals surface area contributed by atoms with E-state index in [1.54, 1.807) is 19.3 Å². The summed E-state index contributed by atoms with van der Waals surface area (Å²) in [5.74, 6) is 7.73. The third kappa shape index (κ3) is 0.446. The monoisotopic (exact) mass is 268 g/mol. The first kappa shape index (κ1) is 10.7. The van der Waals surface area contributed by atoms with Gasteiger partial charge in [-0.15, -0.1) is 0 Å². The van der Waals surface area contributed by atoms with Gasteiger partial charge in [-0.05, 0) is 87.8 Å². The summed E-state index contributed by atoms with van der Waals surface area (Å²) in [4.78, 5) is 0. The Bertz CT molecular complexity index is 616. The van der Waals surface area contributed by atoms with Crippen molar-refractivity contribution < 1.29 is 0 Å². The average Bonchev–Trinajstić information content (AvgIpc) is 3.03. The van der Waals surface area contributed by atoms with E-state index in [-0.39, 0.29) is 0 Å². The molecule has 6 bridgehead atoms. The molecule has 108 valence electrons. The Morgan fingerprint density at radius 1 is 1.00 bits per heavy atom. The Morgan fingerprint density at radius 3 is 2.40 bits per heavy atom. The fraction of sp³-hybridized carbons (Fsp3) is 1.00. The molecule has 0 nitrogen and oxygen atoms in total. The maximum atomic E-state index is 2.71. The van der Waals surface area contributed by atoms with E-state index in [4.69, 9.17) is 0 Å². The second-order valence-electron chi connectivity index (χ2n) is 11.1. The van der Waals surface area contributed by atoms with Crippen molar-refractivity contribution in [3.8, 4) is 0 Å². The molecule has 0 heterocycles. The second kappa shape index (κ2) is 2.11. The molecule has 9 aliphatic carbocycles. The lowest BCUT2D eigenvalue weighted by Gasteiger charge is -2.83. The van der Waals surface area contributed by atoms with Crippen LogP contribution in [0.2, 0.25) is 0 Å². The van der Waals surface area contributed by atoms with E-state index in [2.05, 4.69) is 34.6 Å². The highest BCUT2D eigenvalue weighted by Gasteiger charge is 3.13. The molecule has 0 aromatic carbocycles. The van der Waals surface area contributed by atoms with Crippen LogP contribution in [0.15, 0.2) is 0 Å². The number of hydrogen-bond acceptors (Lipinski definition) is 0. The molecule has 10 atom stereocenters. The Kier molecular flexibility index (Phi) is 1.13. The molecule has 9 rings (SSSR count). The summed E-state index contributed by atoms with van der Waals surface area (Å²) in [5.41, 5.74) is 4.11. The van der Waals surface area contributed by atoms with Gasteiger partial charge in [-0.1, -0.05) is 34.6 Å². The van der Waals surface area contributed by atoms with E-state index < -0.39 is 0 Å². The van der Waals surface area contributed by atoms with Crippen LogP contribution in [0.4, 0.5) is 0 Å². The Labute approximate surface area is 123 Å². The van der Waals surface area contributed by atoms with E-state index in [9.17, 15) is 0 Å². The Hall–Kier alpha value is 0. The van der Waals surface area contributed by atoms with Crippen LogP contribution in [0.1, 0.15) is 53.9 Å². The molecule has 0 aliphatic heterocycles. The molecule has 0 heteroatoms. The van der Waals surface area contributed by atoms with Crippen LogP contribution in [-0.4, -0.2) is 0 Å². The summed E-state index contributed by atoms with van der Waals surface area (Å²) in [6, 6.07) is 0. The first-order valence-electron chi connectivity index (χ1n) is 9.36. The summed E-state index contributed by atoms with van der Waals surface area (Å²) < 4.78 is 0. The zero-order valence-electron chi connectivity index (χ0n) is 13.7. The molecule has 9 aliphatic rings. The lowest BCUT2D eigenvalue weighted by atomic mass is 9.20. The summed E-state index contributed by atoms with van der Waals surface area (Å²) in [5, 5.41) is 0. The molecule has 9 saturated carbocycles. The van der Waals surface area contributed by atoms with E-state index >= 15 is 0 Å². The lowest BCUT2D eigenvalue weighted by Crippen LogP contribution is -2.80. The van der Waals surface area contributed by atoms with Crippen molar-refractivity contribution in [2.24, 2.45) is 68.5 Å². The highest BCUT2D eigenvalue weighted by Crippen LogP contribution is 3.17. The quantitative estimate of drug-likeness (QED) is 0.652. The number of rotatable bonds is 1. The molecule has 9 fully saturated rings. The normalized spacial score (nSPS) is 81.3. The van der Waals surface area contributed by atoms with Gasteiger partial charge in [0.25, 0.3) is 0 Å². The summed E-state index contributed by atoms with van der Waals surface area (Å²) >= 11 is 0. The minimum Gasteiger partial charge on any atom is -0.0625 e. The predicted octanol–water partition coefficient (Wildman–Crippen LogP) is 4.60. The third-order valence-electron chi connectivity index (χ3n) is 11.5. The summed E-state index contributed by atoms with van der Waals surface area (Å²) in [7, 11) is 0. The highest BCUT2D eigenvalue weighted by molar-refractivity contribution is 5.59. The maximum Gasteiger partial charge on any atom is -0.00825 e. The van der Waals surface area contributed by atoms with Gasteiger partial charge >= 0.3 is 0 Å². The molecule has 10 unspecified atom stereocenters. The van der Waals surface area contributed by atoms with Crippen LogP contribution >= 0.6 is 0 Å². The molecule has 0 aromatic rings. The van der Waals surface area contributed by atoms with Gasteiger partial charge < -0.3 is 0 Å². The first-order valence-corrected chi connectivity index (χ1v) is 9.36. The first-order chi connectivity index (χ1) is 9.36. The van der Waals surface area contributed by atoms with Crippen LogP contribution in [0.25, 0.3) is 0 Å². The van der Waals surface area contributed by atoms with Crippen molar-refractivity contribution in [1.82, 2.24) is 0 Å². The van der Waals surface area contributed by atoms with Gasteiger partial charge in [0.2, 0.25) is 0 Å². The summed E-state index contributed by atoms with van der Waals surface area (Å²) in [6.45, 7) is 13.2. The Balaban J connectivity index is 1.65. The average molecular weight is 268 g/mol. The van der Waals surface area contributed by atoms with Crippen LogP contribution in [0.5, 0.6) is 0 Å². The molecule has 0 radical (unpaired) electrons. The van der Waals surface area contributed by atoms with Crippen molar-refractivity contribution in [1.29, 1.82) is 0 Å². The van der Waals surface area contributed by atoms with Crippen LogP contribution in [0.3, 0.4) is 0 Å². The van der Waals surface area contributed by atoms with Gasteiger partial charge in [-0.2, -0.15) is 0 Å². The van der Waals surface area contributed by atoms with Crippen molar-refractivity contribution >= 4 is 0 Å². The topological polar surface area (TPSA) is 0 Å². The van der Waals surface area contributed by atoms with Gasteiger partial charge in [0.15, 0.2) is 0 Å². The molecular formula is C20H28. The van der Waals surface area contributed by atoms with Gasteiger partial charge in [-0.25, -0.2) is 0 Å². The standard InChI is InChI=1S/C20H28/c1-9(2)13-11-7-18-8-17(11)6-12(18)14-10(3)15-16(4,5)20(13,18)19(14,15)17/h9-15H,6-8H2,1-5H3. The lowest BCUT2D eigenvalue weighted by molar-refractivity contribution is -0.370. The predicted molar refractivity (Wildman–Crippen MR) is 78.8 cm³/mol. The van der Waals surface area contributed by atoms with Crippen LogP contribution in [-0.2, 0) is 0 Å². The largest absolute Gasteiger partial charge is 0.0625 e. The zero-order valence-corrected chi connectivity index (χ0v) is 13.7. The van der Waals surface area contributed by atoms with Crippen LogP contribution in [0, 0.1) is 68.5 Å². The second-order valence-corrected chi connectivity index (χ2v) is 11.1. The third-order valence-corrected chi connectivity index (χ3v) is 11.5. The van der Waals surface area contributed by atoms with Crippen molar-refractivity contribution in [3.05, 3.63) is 0 Å². The fourth-order valence-corrected chi connectivity index (χ4v) is 13.2. The van der Waals surface area contributed by atoms with E-state index in [1.807, 2.05) is 0 Å². The zero-order chi connectivity index (χ0) is 13.7. The molecule has 4 spiro atoms. The summed E-state index contributed by atoms with van der Waals surface area (Å²) in [6.07, 6.45) is 5.05. The maximum absolute atomic E-state index is 2.71. The van der Waals surface area contributed by atoms with Gasteiger partial charge in [0.05, 0.1) is 0 Å². The van der Waals surface area contributed by atoms with E-state index in [1.165, 1.54) is 11.8 Å². The molecular weight excluding hydrogens is 240 g/mol. The molecule has 0 aromatic heterocycles. The van der Waals surface area contributed by atoms with Crippen molar-refractivity contribution in [3.63, 3.8) is 0 Å². The fourth-order valence-electron chi connectivity index (χ4n) is 13.2. The minimum atomic E-state index is 0.667. The molecule has 20 heavy (non-hydrogen) atoms. The van der Waals surface area contributed by atoms with Gasteiger partial charge in [0.1, 0.15) is 0 Å².